The Morgan fingerprint density at radius 1 is 1.38 bits per heavy atom. The lowest BCUT2D eigenvalue weighted by molar-refractivity contribution is 0.349. The van der Waals surface area contributed by atoms with E-state index in [-0.39, 0.29) is 5.41 Å². The molecule has 8 nitrogen and oxygen atoms in total. The first kappa shape index (κ1) is 16.5. The van der Waals surface area contributed by atoms with Crippen molar-refractivity contribution in [3.63, 3.8) is 0 Å². The quantitative estimate of drug-likeness (QED) is 0.726. The summed E-state index contributed by atoms with van der Waals surface area (Å²) in [5.41, 5.74) is 6.25. The maximum Gasteiger partial charge on any atom is 0.186 e. The van der Waals surface area contributed by atoms with E-state index < -0.39 is 0 Å². The van der Waals surface area contributed by atoms with Crippen LogP contribution in [-0.2, 0) is 0 Å². The molecular weight excluding hydrogens is 348 g/mol. The van der Waals surface area contributed by atoms with Gasteiger partial charge in [0.05, 0.1) is 21.7 Å². The van der Waals surface area contributed by atoms with Crippen LogP contribution in [-0.4, -0.2) is 33.0 Å². The number of fused-ring (bicyclic) bond motifs is 1. The van der Waals surface area contributed by atoms with Crippen LogP contribution in [0.2, 0.25) is 0 Å². The molecule has 4 rings (SSSR count). The Morgan fingerprint density at radius 3 is 3.08 bits per heavy atom. The van der Waals surface area contributed by atoms with Gasteiger partial charge in [-0.25, -0.2) is 19.9 Å². The van der Waals surface area contributed by atoms with E-state index in [2.05, 4.69) is 31.2 Å². The van der Waals surface area contributed by atoms with E-state index in [9.17, 15) is 5.26 Å². The molecule has 0 spiro atoms. The number of nitrogens with one attached hydrogen (secondary N) is 1. The van der Waals surface area contributed by atoms with Crippen molar-refractivity contribution in [2.75, 3.05) is 29.0 Å². The maximum absolute atomic E-state index is 9.45. The molecule has 26 heavy (non-hydrogen) atoms. The van der Waals surface area contributed by atoms with E-state index in [4.69, 9.17) is 10.7 Å². The molecule has 3 aromatic rings. The van der Waals surface area contributed by atoms with Crippen LogP contribution in [0.4, 0.5) is 22.6 Å². The van der Waals surface area contributed by atoms with Crippen molar-refractivity contribution in [1.82, 2.24) is 19.9 Å². The number of thiazole rings is 1. The number of rotatable bonds is 3. The molecule has 1 aliphatic heterocycles. The summed E-state index contributed by atoms with van der Waals surface area (Å²) in [6, 6.07) is 6.00. The van der Waals surface area contributed by atoms with Gasteiger partial charge in [0, 0.05) is 25.4 Å². The number of anilines is 4. The lowest BCUT2D eigenvalue weighted by Gasteiger charge is -2.35. The first-order valence-corrected chi connectivity index (χ1v) is 9.14. The predicted molar refractivity (Wildman–Crippen MR) is 102 cm³/mol. The minimum Gasteiger partial charge on any atom is -0.384 e. The molecule has 4 heterocycles. The first-order valence-electron chi connectivity index (χ1n) is 8.33. The van der Waals surface area contributed by atoms with Crippen molar-refractivity contribution in [2.24, 2.45) is 5.41 Å². The van der Waals surface area contributed by atoms with Crippen molar-refractivity contribution in [3.8, 4) is 6.07 Å². The molecule has 1 unspecified atom stereocenters. The SMILES string of the molecule is CC1(C#N)CCCN(c2nc3ccnc(Nc4cc(N)ncn4)c3s2)C1. The lowest BCUT2D eigenvalue weighted by Crippen LogP contribution is -2.40. The number of hydrogen-bond donors (Lipinski definition) is 2. The van der Waals surface area contributed by atoms with Crippen molar-refractivity contribution in [2.45, 2.75) is 19.8 Å². The van der Waals surface area contributed by atoms with Crippen LogP contribution in [0.5, 0.6) is 0 Å². The molecule has 0 bridgehead atoms. The standard InChI is InChI=1S/C17H18N8S/c1-17(8-18)4-2-6-25(9-17)16-23-11-3-5-20-15(14(11)26-16)24-13-7-12(19)21-10-22-13/h3,5,7,10H,2,4,6,9H2,1H3,(H3,19,20,21,22,24). The Balaban J connectivity index is 1.66. The predicted octanol–water partition coefficient (Wildman–Crippen LogP) is 2.94. The van der Waals surface area contributed by atoms with Gasteiger partial charge in [-0.2, -0.15) is 5.26 Å². The molecule has 1 atom stereocenters. The summed E-state index contributed by atoms with van der Waals surface area (Å²) in [6.07, 6.45) is 5.04. The van der Waals surface area contributed by atoms with Crippen molar-refractivity contribution in [1.29, 1.82) is 5.26 Å². The van der Waals surface area contributed by atoms with Crippen LogP contribution in [0.15, 0.2) is 24.7 Å². The van der Waals surface area contributed by atoms with Gasteiger partial charge in [-0.1, -0.05) is 11.3 Å². The molecule has 0 amide bonds. The molecule has 1 fully saturated rings. The zero-order chi connectivity index (χ0) is 18.1. The number of piperidine rings is 1. The molecule has 1 saturated heterocycles. The van der Waals surface area contributed by atoms with Crippen LogP contribution in [0.25, 0.3) is 10.2 Å². The van der Waals surface area contributed by atoms with Crippen LogP contribution in [0, 0.1) is 16.7 Å². The van der Waals surface area contributed by atoms with E-state index >= 15 is 0 Å². The van der Waals surface area contributed by atoms with E-state index in [1.807, 2.05) is 13.0 Å². The highest BCUT2D eigenvalue weighted by molar-refractivity contribution is 7.22. The Labute approximate surface area is 154 Å². The molecule has 0 saturated carbocycles. The molecule has 132 valence electrons. The topological polar surface area (TPSA) is 117 Å². The second kappa shape index (κ2) is 6.38. The van der Waals surface area contributed by atoms with Crippen molar-refractivity contribution >= 4 is 44.1 Å². The summed E-state index contributed by atoms with van der Waals surface area (Å²) in [6.45, 7) is 3.62. The Kier molecular flexibility index (Phi) is 4.05. The molecule has 1 aliphatic rings. The summed E-state index contributed by atoms with van der Waals surface area (Å²) in [7, 11) is 0. The Bertz CT molecular complexity index is 994. The number of nitrogens with two attached hydrogens (primary N) is 1. The van der Waals surface area contributed by atoms with E-state index in [0.29, 0.717) is 24.0 Å². The highest BCUT2D eigenvalue weighted by Gasteiger charge is 2.32. The summed E-state index contributed by atoms with van der Waals surface area (Å²) in [5.74, 6) is 1.66. The summed E-state index contributed by atoms with van der Waals surface area (Å²) in [4.78, 5) is 19.4. The highest BCUT2D eigenvalue weighted by atomic mass is 32.1. The third kappa shape index (κ3) is 3.11. The fourth-order valence-corrected chi connectivity index (χ4v) is 4.15. The Morgan fingerprint density at radius 2 is 2.27 bits per heavy atom. The maximum atomic E-state index is 9.45. The van der Waals surface area contributed by atoms with Gasteiger partial charge in [0.1, 0.15) is 18.0 Å². The van der Waals surface area contributed by atoms with E-state index in [1.165, 1.54) is 6.33 Å². The largest absolute Gasteiger partial charge is 0.384 e. The van der Waals surface area contributed by atoms with E-state index in [0.717, 1.165) is 34.7 Å². The van der Waals surface area contributed by atoms with Crippen LogP contribution in [0.1, 0.15) is 19.8 Å². The number of hydrogen-bond acceptors (Lipinski definition) is 9. The van der Waals surface area contributed by atoms with Crippen LogP contribution in [0.3, 0.4) is 0 Å². The number of nitrogens with zero attached hydrogens (tertiary/aromatic N) is 6. The smallest absolute Gasteiger partial charge is 0.186 e. The zero-order valence-electron chi connectivity index (χ0n) is 14.3. The molecule has 9 heteroatoms. The van der Waals surface area contributed by atoms with Gasteiger partial charge < -0.3 is 16.0 Å². The van der Waals surface area contributed by atoms with Crippen LogP contribution < -0.4 is 16.0 Å². The molecule has 0 aromatic carbocycles. The Hall–Kier alpha value is -2.99. The molecular formula is C17H18N8S. The second-order valence-electron chi connectivity index (χ2n) is 6.65. The van der Waals surface area contributed by atoms with Gasteiger partial charge in [0.2, 0.25) is 0 Å². The minimum atomic E-state index is -0.325. The van der Waals surface area contributed by atoms with Crippen molar-refractivity contribution in [3.05, 3.63) is 24.7 Å². The molecule has 3 aromatic heterocycles. The zero-order valence-corrected chi connectivity index (χ0v) is 15.1. The van der Waals surface area contributed by atoms with Gasteiger partial charge >= 0.3 is 0 Å². The van der Waals surface area contributed by atoms with Crippen LogP contribution >= 0.6 is 11.3 Å². The van der Waals surface area contributed by atoms with Gasteiger partial charge in [-0.15, -0.1) is 0 Å². The third-order valence-electron chi connectivity index (χ3n) is 4.46. The second-order valence-corrected chi connectivity index (χ2v) is 7.63. The lowest BCUT2D eigenvalue weighted by atomic mass is 9.84. The normalized spacial score (nSPS) is 20.1. The van der Waals surface area contributed by atoms with E-state index in [1.54, 1.807) is 23.6 Å². The number of aromatic nitrogens is 4. The van der Waals surface area contributed by atoms with Gasteiger partial charge in [0.15, 0.2) is 10.9 Å². The molecule has 3 N–H and O–H groups in total. The average molecular weight is 366 g/mol. The monoisotopic (exact) mass is 366 g/mol. The summed E-state index contributed by atoms with van der Waals surface area (Å²) in [5, 5.41) is 13.6. The van der Waals surface area contributed by atoms with Gasteiger partial charge in [-0.05, 0) is 25.8 Å². The molecule has 0 radical (unpaired) electrons. The summed E-state index contributed by atoms with van der Waals surface area (Å²) >= 11 is 1.57. The van der Waals surface area contributed by atoms with Gasteiger partial charge in [0.25, 0.3) is 0 Å². The number of pyridine rings is 1. The average Bonchev–Trinajstić information content (AvgIpc) is 3.07. The fraction of sp³-hybridized carbons (Fsp3) is 0.353. The van der Waals surface area contributed by atoms with Crippen molar-refractivity contribution < 1.29 is 0 Å². The minimum absolute atomic E-state index is 0.325. The highest BCUT2D eigenvalue weighted by Crippen LogP contribution is 2.37. The number of nitrogen functional groups attached to an aromatic ring is 1. The molecule has 0 aliphatic carbocycles. The number of nitriles is 1. The van der Waals surface area contributed by atoms with Gasteiger partial charge in [-0.3, -0.25) is 0 Å². The fourth-order valence-electron chi connectivity index (χ4n) is 3.12. The third-order valence-corrected chi connectivity index (χ3v) is 5.60. The summed E-state index contributed by atoms with van der Waals surface area (Å²) < 4.78 is 0.948. The first-order chi connectivity index (χ1) is 12.6.